The number of halogens is 2. The molecule has 2 aliphatic rings. The van der Waals surface area contributed by atoms with Gasteiger partial charge in [-0.3, -0.25) is 14.0 Å². The Labute approximate surface area is 269 Å². The molecule has 6 rings (SSSR count). The van der Waals surface area contributed by atoms with Crippen LogP contribution in [-0.4, -0.2) is 92.1 Å². The number of rotatable bonds is 7. The van der Waals surface area contributed by atoms with Crippen LogP contribution in [-0.2, 0) is 4.79 Å². The van der Waals surface area contributed by atoms with Gasteiger partial charge in [0.15, 0.2) is 29.1 Å². The first-order valence-electron chi connectivity index (χ1n) is 15.4. The summed E-state index contributed by atoms with van der Waals surface area (Å²) in [6.45, 7) is 5.89. The molecule has 0 bridgehead atoms. The number of ether oxygens (including phenoxy) is 1. The molecule has 2 aromatic heterocycles. The van der Waals surface area contributed by atoms with Gasteiger partial charge in [0.1, 0.15) is 11.7 Å². The molecule has 0 saturated carbocycles. The number of imidazole rings is 1. The van der Waals surface area contributed by atoms with Crippen molar-refractivity contribution in [3.05, 3.63) is 71.7 Å². The van der Waals surface area contributed by atoms with E-state index in [4.69, 9.17) is 10.00 Å². The van der Waals surface area contributed by atoms with E-state index in [2.05, 4.69) is 20.6 Å². The Balaban J connectivity index is 1.15. The van der Waals surface area contributed by atoms with E-state index in [-0.39, 0.29) is 28.8 Å². The first-order chi connectivity index (χ1) is 22.6. The van der Waals surface area contributed by atoms with Crippen LogP contribution in [0.2, 0.25) is 0 Å². The second-order valence-corrected chi connectivity index (χ2v) is 11.8. The molecule has 2 aromatic carbocycles. The molecule has 0 spiro atoms. The van der Waals surface area contributed by atoms with Gasteiger partial charge in [-0.05, 0) is 75.7 Å². The summed E-state index contributed by atoms with van der Waals surface area (Å²) >= 11 is 0. The number of benzene rings is 2. The van der Waals surface area contributed by atoms with Crippen molar-refractivity contribution in [2.45, 2.75) is 38.4 Å². The second kappa shape index (κ2) is 12.9. The number of fused-ring (bicyclic) bond motifs is 1. The van der Waals surface area contributed by atoms with Gasteiger partial charge in [0.2, 0.25) is 5.82 Å². The third-order valence-corrected chi connectivity index (χ3v) is 8.64. The molecule has 3 N–H and O–H groups in total. The van der Waals surface area contributed by atoms with Crippen LogP contribution in [0.25, 0.3) is 16.9 Å². The molecule has 12 nitrogen and oxygen atoms in total. The second-order valence-electron chi connectivity index (χ2n) is 11.8. The minimum Gasteiger partial charge on any atom is -0.473 e. The topological polar surface area (TPSA) is 148 Å². The summed E-state index contributed by atoms with van der Waals surface area (Å²) in [4.78, 5) is 38.5. The lowest BCUT2D eigenvalue weighted by molar-refractivity contribution is -0.155. The third kappa shape index (κ3) is 6.19. The predicted octanol–water partition coefficient (Wildman–Crippen LogP) is 3.42. The monoisotopic (exact) mass is 644 g/mol. The fraction of sp³-hybridized carbons (Fsp3) is 0.364. The molecule has 0 aliphatic carbocycles. The highest BCUT2D eigenvalue weighted by Gasteiger charge is 2.41. The number of carbonyl (C=O) groups is 2. The average molecular weight is 645 g/mol. The van der Waals surface area contributed by atoms with E-state index in [1.54, 1.807) is 32.5 Å². The van der Waals surface area contributed by atoms with E-state index in [0.717, 1.165) is 5.56 Å². The van der Waals surface area contributed by atoms with Gasteiger partial charge in [-0.25, -0.2) is 14.4 Å². The fourth-order valence-electron chi connectivity index (χ4n) is 5.99. The summed E-state index contributed by atoms with van der Waals surface area (Å²) in [6.07, 6.45) is 4.29. The lowest BCUT2D eigenvalue weighted by Gasteiger charge is -2.40. The first-order valence-corrected chi connectivity index (χ1v) is 15.4. The van der Waals surface area contributed by atoms with Gasteiger partial charge in [0, 0.05) is 55.4 Å². The van der Waals surface area contributed by atoms with Crippen molar-refractivity contribution in [2.75, 3.05) is 44.6 Å². The van der Waals surface area contributed by atoms with Crippen LogP contribution in [0.5, 0.6) is 5.75 Å². The van der Waals surface area contributed by atoms with E-state index in [0.29, 0.717) is 74.8 Å². The number of piperazine rings is 1. The Bertz CT molecular complexity index is 1880. The summed E-state index contributed by atoms with van der Waals surface area (Å²) in [6, 6.07) is 9.73. The zero-order valence-corrected chi connectivity index (χ0v) is 26.0. The lowest BCUT2D eigenvalue weighted by Crippen LogP contribution is -2.59. The van der Waals surface area contributed by atoms with Gasteiger partial charge < -0.3 is 30.3 Å². The Morgan fingerprint density at radius 2 is 1.81 bits per heavy atom. The van der Waals surface area contributed by atoms with Crippen molar-refractivity contribution in [3.63, 3.8) is 0 Å². The fourth-order valence-corrected chi connectivity index (χ4v) is 5.99. The van der Waals surface area contributed by atoms with E-state index >= 15 is 4.39 Å². The molecular weight excluding hydrogens is 610 g/mol. The van der Waals surface area contributed by atoms with Gasteiger partial charge in [-0.15, -0.1) is 0 Å². The third-order valence-electron chi connectivity index (χ3n) is 8.64. The summed E-state index contributed by atoms with van der Waals surface area (Å²) in [5.74, 6) is -2.76. The van der Waals surface area contributed by atoms with E-state index in [1.807, 2.05) is 19.1 Å². The summed E-state index contributed by atoms with van der Waals surface area (Å²) < 4.78 is 36.6. The van der Waals surface area contributed by atoms with E-state index < -0.39 is 23.3 Å². The van der Waals surface area contributed by atoms with Crippen LogP contribution in [0.3, 0.4) is 0 Å². The molecule has 1 atom stereocenters. The Morgan fingerprint density at radius 1 is 1.09 bits per heavy atom. The minimum absolute atomic E-state index is 0.0461. The zero-order chi connectivity index (χ0) is 33.3. The number of anilines is 2. The number of amides is 2. The maximum Gasteiger partial charge on any atom is 0.254 e. The summed E-state index contributed by atoms with van der Waals surface area (Å²) in [5.41, 5.74) is 1.14. The highest BCUT2D eigenvalue weighted by molar-refractivity contribution is 5.96. The molecule has 2 fully saturated rings. The molecule has 14 heteroatoms. The van der Waals surface area contributed by atoms with Crippen molar-refractivity contribution in [1.82, 2.24) is 29.5 Å². The molecule has 0 unspecified atom stereocenters. The van der Waals surface area contributed by atoms with Gasteiger partial charge in [-0.2, -0.15) is 9.65 Å². The van der Waals surface area contributed by atoms with Crippen LogP contribution in [0.1, 0.15) is 35.7 Å². The summed E-state index contributed by atoms with van der Waals surface area (Å²) in [5, 5.41) is 26.1. The maximum absolute atomic E-state index is 15.1. The predicted molar refractivity (Wildman–Crippen MR) is 168 cm³/mol. The van der Waals surface area contributed by atoms with Crippen molar-refractivity contribution < 1.29 is 28.2 Å². The molecular formula is C33H34F2N8O4. The highest BCUT2D eigenvalue weighted by Crippen LogP contribution is 2.32. The van der Waals surface area contributed by atoms with E-state index in [9.17, 15) is 19.1 Å². The molecule has 47 heavy (non-hydrogen) atoms. The van der Waals surface area contributed by atoms with Gasteiger partial charge in [0.05, 0.1) is 11.9 Å². The zero-order valence-electron chi connectivity index (χ0n) is 26.0. The average Bonchev–Trinajstić information content (AvgIpc) is 3.51. The normalized spacial score (nSPS) is 16.9. The van der Waals surface area contributed by atoms with Crippen LogP contribution in [0, 0.1) is 29.9 Å². The Morgan fingerprint density at radius 3 is 2.51 bits per heavy atom. The number of aryl methyl sites for hydroxylation is 1. The van der Waals surface area contributed by atoms with Crippen LogP contribution in [0.4, 0.5) is 20.3 Å². The minimum atomic E-state index is -1.35. The molecule has 4 aromatic rings. The number of nitrogens with one attached hydrogen (secondary N) is 2. The van der Waals surface area contributed by atoms with Gasteiger partial charge in [0.25, 0.3) is 11.8 Å². The van der Waals surface area contributed by atoms with Gasteiger partial charge >= 0.3 is 0 Å². The molecule has 2 amide bonds. The molecule has 244 valence electrons. The smallest absolute Gasteiger partial charge is 0.254 e. The number of carbonyl (C=O) groups excluding carboxylic acids is 2. The number of aromatic nitrogens is 3. The SMILES string of the molecule is Cc1cc(Nc2nccn3c(-c4ccc(O[C@H](C)C#N)c(F)c4F)cnc23)ccc1C(=O)N1CCN(C(=O)C2(O)CCNCC2)CC1. The van der Waals surface area contributed by atoms with E-state index in [1.165, 1.54) is 31.5 Å². The molecule has 0 radical (unpaired) electrons. The largest absolute Gasteiger partial charge is 0.473 e. The highest BCUT2D eigenvalue weighted by atomic mass is 19.2. The van der Waals surface area contributed by atoms with Crippen molar-refractivity contribution in [3.8, 4) is 23.1 Å². The number of hydrogen-bond donors (Lipinski definition) is 3. The lowest BCUT2D eigenvalue weighted by atomic mass is 9.90. The maximum atomic E-state index is 15.1. The number of nitrogens with zero attached hydrogens (tertiary/aromatic N) is 6. The Kier molecular flexibility index (Phi) is 8.76. The molecule has 4 heterocycles. The first kappa shape index (κ1) is 31.8. The molecule has 2 aliphatic heterocycles. The molecule has 2 saturated heterocycles. The van der Waals surface area contributed by atoms with Crippen LogP contribution < -0.4 is 15.4 Å². The van der Waals surface area contributed by atoms with Crippen LogP contribution >= 0.6 is 0 Å². The number of hydrogen-bond acceptors (Lipinski definition) is 9. The van der Waals surface area contributed by atoms with Crippen molar-refractivity contribution in [2.24, 2.45) is 0 Å². The number of aliphatic hydroxyl groups is 1. The van der Waals surface area contributed by atoms with Crippen molar-refractivity contribution in [1.29, 1.82) is 5.26 Å². The van der Waals surface area contributed by atoms with Gasteiger partial charge in [-0.1, -0.05) is 0 Å². The number of nitriles is 1. The quantitative estimate of drug-likeness (QED) is 0.275. The summed E-state index contributed by atoms with van der Waals surface area (Å²) in [7, 11) is 0. The van der Waals surface area contributed by atoms with Crippen LogP contribution in [0.15, 0.2) is 48.9 Å². The van der Waals surface area contributed by atoms with Crippen molar-refractivity contribution >= 4 is 29.0 Å². The standard InChI is InChI=1S/C33H34F2N8O4/c1-20-17-22(3-4-23(20)31(44)41-13-15-42(16-14-41)32(45)33(46)7-9-37-10-8-33)40-29-30-39-19-25(43(30)12-11-38-29)24-5-6-26(28(35)27(24)34)47-21(2)18-36/h3-6,11-12,17,19,21,37,46H,7-10,13-16H2,1-2H3,(H,38,40)/t21-/m1/s1. The number of piperidine rings is 1. The Hall–Kier alpha value is -5.13.